The number of hydrogen-bond donors (Lipinski definition) is 0. The maximum Gasteiger partial charge on any atom is 0.306 e. The van der Waals surface area contributed by atoms with Gasteiger partial charge in [-0.25, -0.2) is 4.39 Å². The molecule has 0 radical (unpaired) electrons. The molecular formula is C28H29FO6. The largest absolute Gasteiger partial charge is 0.497 e. The molecule has 0 aromatic heterocycles. The Kier molecular flexibility index (Phi) is 7.75. The van der Waals surface area contributed by atoms with Crippen LogP contribution in [0, 0.1) is 0 Å². The Morgan fingerprint density at radius 1 is 1.11 bits per heavy atom. The van der Waals surface area contributed by atoms with E-state index in [-0.39, 0.29) is 30.6 Å². The molecule has 0 N–H and O–H groups in total. The number of halogens is 1. The molecule has 1 aliphatic heterocycles. The summed E-state index contributed by atoms with van der Waals surface area (Å²) in [6.07, 6.45) is 4.12. The van der Waals surface area contributed by atoms with Crippen molar-refractivity contribution in [1.82, 2.24) is 0 Å². The van der Waals surface area contributed by atoms with Gasteiger partial charge in [-0.05, 0) is 48.8 Å². The van der Waals surface area contributed by atoms with E-state index in [1.165, 1.54) is 13.2 Å². The molecule has 0 amide bonds. The van der Waals surface area contributed by atoms with Crippen molar-refractivity contribution in [1.29, 1.82) is 0 Å². The highest BCUT2D eigenvalue weighted by molar-refractivity contribution is 5.71. The smallest absolute Gasteiger partial charge is 0.306 e. The summed E-state index contributed by atoms with van der Waals surface area (Å²) in [5.41, 5.74) is 1.69. The van der Waals surface area contributed by atoms with Gasteiger partial charge in [0.1, 0.15) is 40.7 Å². The van der Waals surface area contributed by atoms with E-state index in [9.17, 15) is 9.18 Å². The van der Waals surface area contributed by atoms with E-state index in [0.29, 0.717) is 48.2 Å². The molecule has 2 aromatic rings. The Labute approximate surface area is 204 Å². The molecule has 35 heavy (non-hydrogen) atoms. The fourth-order valence-corrected chi connectivity index (χ4v) is 4.10. The van der Waals surface area contributed by atoms with Crippen LogP contribution in [-0.4, -0.2) is 32.9 Å². The van der Waals surface area contributed by atoms with Crippen LogP contribution in [0.2, 0.25) is 0 Å². The van der Waals surface area contributed by atoms with Crippen LogP contribution >= 0.6 is 0 Å². The number of ether oxygens (including phenoxy) is 5. The normalized spacial score (nSPS) is 21.2. The molecule has 2 aliphatic rings. The summed E-state index contributed by atoms with van der Waals surface area (Å²) in [6.45, 7) is 4.55. The Balaban J connectivity index is 1.41. The van der Waals surface area contributed by atoms with E-state index in [4.69, 9.17) is 23.7 Å². The average molecular weight is 481 g/mol. The molecule has 0 bridgehead atoms. The average Bonchev–Trinajstić information content (AvgIpc) is 3.27. The molecule has 0 unspecified atom stereocenters. The predicted octanol–water partition coefficient (Wildman–Crippen LogP) is 6.04. The number of fused-ring (bicyclic) bond motifs is 1. The number of methoxy groups -OCH3 is 2. The van der Waals surface area contributed by atoms with E-state index in [1.54, 1.807) is 31.4 Å². The van der Waals surface area contributed by atoms with E-state index < -0.39 is 6.10 Å². The van der Waals surface area contributed by atoms with Crippen molar-refractivity contribution in [2.75, 3.05) is 20.8 Å². The summed E-state index contributed by atoms with van der Waals surface area (Å²) in [5, 5.41) is 0. The highest BCUT2D eigenvalue weighted by Gasteiger charge is 2.27. The van der Waals surface area contributed by atoms with E-state index >= 15 is 0 Å². The molecule has 4 rings (SSSR count). The molecule has 2 atom stereocenters. The fraction of sp³-hybridized carbons (Fsp3) is 0.321. The number of carbonyl (C=O) groups is 1. The summed E-state index contributed by atoms with van der Waals surface area (Å²) in [5.74, 6) is 2.38. The molecule has 0 saturated heterocycles. The lowest BCUT2D eigenvalue weighted by molar-refractivity contribution is -0.141. The van der Waals surface area contributed by atoms with Gasteiger partial charge >= 0.3 is 5.97 Å². The van der Waals surface area contributed by atoms with Crippen LogP contribution in [-0.2, 0) is 9.53 Å². The zero-order valence-electron chi connectivity index (χ0n) is 19.9. The second-order valence-corrected chi connectivity index (χ2v) is 8.50. The van der Waals surface area contributed by atoms with Gasteiger partial charge in [0.25, 0.3) is 0 Å². The van der Waals surface area contributed by atoms with Crippen molar-refractivity contribution in [3.63, 3.8) is 0 Å². The van der Waals surface area contributed by atoms with Gasteiger partial charge in [-0.2, -0.15) is 0 Å². The van der Waals surface area contributed by atoms with Crippen molar-refractivity contribution in [2.24, 2.45) is 0 Å². The third-order valence-electron chi connectivity index (χ3n) is 6.03. The highest BCUT2D eigenvalue weighted by Crippen LogP contribution is 2.39. The van der Waals surface area contributed by atoms with Gasteiger partial charge in [0.05, 0.1) is 27.2 Å². The van der Waals surface area contributed by atoms with Gasteiger partial charge in [-0.1, -0.05) is 18.7 Å². The second kappa shape index (κ2) is 11.1. The molecule has 7 heteroatoms. The molecule has 0 fully saturated rings. The molecule has 6 nitrogen and oxygen atoms in total. The number of esters is 1. The second-order valence-electron chi connectivity index (χ2n) is 8.50. The Hall–Kier alpha value is -3.74. The summed E-state index contributed by atoms with van der Waals surface area (Å²) in [6, 6.07) is 12.7. The number of hydrogen-bond acceptors (Lipinski definition) is 6. The zero-order chi connectivity index (χ0) is 24.8. The Morgan fingerprint density at radius 3 is 2.74 bits per heavy atom. The minimum atomic E-state index is -0.391. The van der Waals surface area contributed by atoms with Crippen molar-refractivity contribution in [2.45, 2.75) is 37.7 Å². The van der Waals surface area contributed by atoms with Crippen LogP contribution in [0.3, 0.4) is 0 Å². The first kappa shape index (κ1) is 24.4. The lowest BCUT2D eigenvalue weighted by atomic mass is 9.98. The van der Waals surface area contributed by atoms with Crippen LogP contribution in [0.25, 0.3) is 0 Å². The monoisotopic (exact) mass is 480 g/mol. The quantitative estimate of drug-likeness (QED) is 0.451. The first-order chi connectivity index (χ1) is 16.9. The number of benzene rings is 2. The Bertz CT molecular complexity index is 1150. The third-order valence-corrected chi connectivity index (χ3v) is 6.03. The van der Waals surface area contributed by atoms with E-state index in [0.717, 1.165) is 11.1 Å². The number of allylic oxidation sites excluding steroid dienone is 3. The third kappa shape index (κ3) is 6.23. The number of rotatable bonds is 7. The van der Waals surface area contributed by atoms with Crippen LogP contribution < -0.4 is 18.9 Å². The van der Waals surface area contributed by atoms with Crippen molar-refractivity contribution in [3.8, 4) is 23.0 Å². The van der Waals surface area contributed by atoms with Crippen LogP contribution in [0.15, 0.2) is 78.4 Å². The summed E-state index contributed by atoms with van der Waals surface area (Å²) in [4.78, 5) is 11.6. The highest BCUT2D eigenvalue weighted by atomic mass is 19.1. The summed E-state index contributed by atoms with van der Waals surface area (Å²) in [7, 11) is 2.96. The van der Waals surface area contributed by atoms with Crippen LogP contribution in [0.1, 0.15) is 37.2 Å². The fourth-order valence-electron chi connectivity index (χ4n) is 4.10. The lowest BCUT2D eigenvalue weighted by Gasteiger charge is -2.19. The maximum absolute atomic E-state index is 14.7. The lowest BCUT2D eigenvalue weighted by Crippen LogP contribution is -2.17. The topological polar surface area (TPSA) is 63.2 Å². The van der Waals surface area contributed by atoms with Gasteiger partial charge in [-0.3, -0.25) is 4.79 Å². The molecule has 0 spiro atoms. The maximum atomic E-state index is 14.7. The molecule has 0 saturated carbocycles. The molecule has 1 heterocycles. The Morgan fingerprint density at radius 2 is 1.94 bits per heavy atom. The SMILES string of the molecule is C=C1CC[C@@H](Oc2ccc3c(c2)OC[C@H]3CC(=O)OC)C/C(F)=C\C=C1Oc1cccc(OC)c1. The van der Waals surface area contributed by atoms with Crippen LogP contribution in [0.4, 0.5) is 4.39 Å². The molecule has 1 aliphatic carbocycles. The number of carbonyl (C=O) groups excluding carboxylic acids is 1. The van der Waals surface area contributed by atoms with E-state index in [1.807, 2.05) is 24.3 Å². The minimum absolute atomic E-state index is 0.0471. The standard InChI is InChI=1S/C28H29FO6/c1-18-7-9-23(14-20(29)8-12-26(18)35-22-6-4-5-21(15-22)31-2)34-24-10-11-25-19(13-28(30)32-3)17-33-27(25)16-24/h4-6,8,10-12,15-16,19,23H,1,7,9,13-14,17H2,2-3H3/b20-8+,26-12?/t19-,23-/m1/s1. The van der Waals surface area contributed by atoms with Crippen LogP contribution in [0.5, 0.6) is 23.0 Å². The zero-order valence-corrected chi connectivity index (χ0v) is 19.9. The van der Waals surface area contributed by atoms with Gasteiger partial charge in [0, 0.05) is 30.0 Å². The van der Waals surface area contributed by atoms with E-state index in [2.05, 4.69) is 6.58 Å². The van der Waals surface area contributed by atoms with Gasteiger partial charge in [0.2, 0.25) is 0 Å². The first-order valence-corrected chi connectivity index (χ1v) is 11.5. The predicted molar refractivity (Wildman–Crippen MR) is 130 cm³/mol. The first-order valence-electron chi connectivity index (χ1n) is 11.5. The molecule has 184 valence electrons. The van der Waals surface area contributed by atoms with Gasteiger partial charge < -0.3 is 23.7 Å². The summed E-state index contributed by atoms with van der Waals surface area (Å²) < 4.78 is 42.6. The van der Waals surface area contributed by atoms with Crippen molar-refractivity contribution >= 4 is 5.97 Å². The molecule has 2 aromatic carbocycles. The van der Waals surface area contributed by atoms with Crippen molar-refractivity contribution in [3.05, 3.63) is 83.9 Å². The van der Waals surface area contributed by atoms with Gasteiger partial charge in [-0.15, -0.1) is 0 Å². The van der Waals surface area contributed by atoms with Gasteiger partial charge in [0.15, 0.2) is 0 Å². The van der Waals surface area contributed by atoms with Crippen molar-refractivity contribution < 1.29 is 32.9 Å². The molecular weight excluding hydrogens is 451 g/mol. The summed E-state index contributed by atoms with van der Waals surface area (Å²) >= 11 is 0. The minimum Gasteiger partial charge on any atom is -0.497 e.